The Morgan fingerprint density at radius 2 is 2.04 bits per heavy atom. The third-order valence-corrected chi connectivity index (χ3v) is 7.15. The van der Waals surface area contributed by atoms with Gasteiger partial charge in [-0.05, 0) is 36.7 Å². The molecule has 0 spiro atoms. The lowest BCUT2D eigenvalue weighted by Crippen LogP contribution is -2.35. The van der Waals surface area contributed by atoms with Gasteiger partial charge in [-0.3, -0.25) is 10.1 Å². The van der Waals surface area contributed by atoms with E-state index in [0.29, 0.717) is 29.7 Å². The molecular weight excluding hydrogens is 390 g/mol. The van der Waals surface area contributed by atoms with Gasteiger partial charge in [0.05, 0.1) is 14.7 Å². The molecule has 2 heterocycles. The van der Waals surface area contributed by atoms with Crippen LogP contribution in [0.5, 0.6) is 0 Å². The van der Waals surface area contributed by atoms with Crippen LogP contribution in [0.3, 0.4) is 0 Å². The smallest absolute Gasteiger partial charge is 0.284 e. The van der Waals surface area contributed by atoms with Crippen LogP contribution >= 0.6 is 11.8 Å². The summed E-state index contributed by atoms with van der Waals surface area (Å²) in [6, 6.07) is 3.99. The van der Waals surface area contributed by atoms with Crippen LogP contribution < -0.4 is 0 Å². The number of nitro groups is 1. The van der Waals surface area contributed by atoms with Crippen molar-refractivity contribution in [2.45, 2.75) is 40.8 Å². The van der Waals surface area contributed by atoms with E-state index in [-0.39, 0.29) is 10.6 Å². The monoisotopic (exact) mass is 409 g/mol. The Bertz CT molecular complexity index is 951. The number of aromatic nitrogens is 3. The van der Waals surface area contributed by atoms with Gasteiger partial charge in [0.15, 0.2) is 5.16 Å². The van der Waals surface area contributed by atoms with Gasteiger partial charge in [0.1, 0.15) is 6.33 Å². The second kappa shape index (κ2) is 8.19. The molecular formula is C16H19N5O4S2. The second-order valence-electron chi connectivity index (χ2n) is 6.01. The maximum atomic E-state index is 12.8. The van der Waals surface area contributed by atoms with Gasteiger partial charge in [0.2, 0.25) is 10.0 Å². The zero-order chi connectivity index (χ0) is 19.4. The molecule has 27 heavy (non-hydrogen) atoms. The van der Waals surface area contributed by atoms with Gasteiger partial charge in [0, 0.05) is 25.7 Å². The molecule has 1 aromatic heterocycles. The Balaban J connectivity index is 1.94. The predicted octanol–water partition coefficient (Wildman–Crippen LogP) is 2.70. The molecule has 1 aromatic carbocycles. The lowest BCUT2D eigenvalue weighted by Gasteiger charge is -2.25. The first-order valence-electron chi connectivity index (χ1n) is 8.38. The lowest BCUT2D eigenvalue weighted by molar-refractivity contribution is -0.388. The highest BCUT2D eigenvalue weighted by atomic mass is 32.2. The van der Waals surface area contributed by atoms with Crippen molar-refractivity contribution in [1.82, 2.24) is 19.1 Å². The number of rotatable bonds is 7. The maximum Gasteiger partial charge on any atom is 0.284 e. The molecule has 3 rings (SSSR count). The van der Waals surface area contributed by atoms with E-state index in [1.54, 1.807) is 10.6 Å². The normalized spacial score (nSPS) is 15.6. The minimum Gasteiger partial charge on any atom is -0.304 e. The quantitative estimate of drug-likeness (QED) is 0.393. The fourth-order valence-electron chi connectivity index (χ4n) is 2.83. The lowest BCUT2D eigenvalue weighted by atomic mass is 10.2. The van der Waals surface area contributed by atoms with Gasteiger partial charge < -0.3 is 4.57 Å². The van der Waals surface area contributed by atoms with Crippen LogP contribution in [0.15, 0.2) is 52.1 Å². The Morgan fingerprint density at radius 1 is 1.30 bits per heavy atom. The minimum atomic E-state index is -3.74. The SMILES string of the molecule is C=CCn1cnnc1Sc1ccc(S(=O)(=O)N2CCCCC2)cc1[N+](=O)[O-]. The molecule has 1 fully saturated rings. The van der Waals surface area contributed by atoms with Crippen LogP contribution in [0.25, 0.3) is 0 Å². The molecule has 0 radical (unpaired) electrons. The van der Waals surface area contributed by atoms with Gasteiger partial charge in [-0.15, -0.1) is 16.8 Å². The summed E-state index contributed by atoms with van der Waals surface area (Å²) in [4.78, 5) is 11.2. The van der Waals surface area contributed by atoms with E-state index in [1.807, 2.05) is 0 Å². The first-order chi connectivity index (χ1) is 12.9. The van der Waals surface area contributed by atoms with Crippen molar-refractivity contribution in [3.05, 3.63) is 47.3 Å². The summed E-state index contributed by atoms with van der Waals surface area (Å²) in [6.45, 7) is 4.99. The van der Waals surface area contributed by atoms with Crippen LogP contribution in [0.2, 0.25) is 0 Å². The first-order valence-corrected chi connectivity index (χ1v) is 10.6. The van der Waals surface area contributed by atoms with Crippen LogP contribution in [0, 0.1) is 10.1 Å². The maximum absolute atomic E-state index is 12.8. The first kappa shape index (κ1) is 19.5. The molecule has 1 aliphatic rings. The Labute approximate surface area is 161 Å². The van der Waals surface area contributed by atoms with E-state index < -0.39 is 14.9 Å². The molecule has 0 saturated carbocycles. The van der Waals surface area contributed by atoms with Gasteiger partial charge in [-0.2, -0.15) is 4.31 Å². The van der Waals surface area contributed by atoms with Gasteiger partial charge in [-0.25, -0.2) is 8.42 Å². The number of piperidine rings is 1. The largest absolute Gasteiger partial charge is 0.304 e. The average Bonchev–Trinajstić information content (AvgIpc) is 3.09. The number of hydrogen-bond donors (Lipinski definition) is 0. The summed E-state index contributed by atoms with van der Waals surface area (Å²) in [5.41, 5.74) is -0.272. The van der Waals surface area contributed by atoms with Crippen LogP contribution in [0.1, 0.15) is 19.3 Å². The zero-order valence-electron chi connectivity index (χ0n) is 14.5. The molecule has 11 heteroatoms. The average molecular weight is 409 g/mol. The molecule has 2 aromatic rings. The number of benzene rings is 1. The summed E-state index contributed by atoms with van der Waals surface area (Å²) in [5.74, 6) is 0. The molecule has 9 nitrogen and oxygen atoms in total. The Morgan fingerprint density at radius 3 is 2.70 bits per heavy atom. The molecule has 0 N–H and O–H groups in total. The van der Waals surface area contributed by atoms with Crippen molar-refractivity contribution in [1.29, 1.82) is 0 Å². The summed E-state index contributed by atoms with van der Waals surface area (Å²) < 4.78 is 28.7. The number of sulfonamides is 1. The molecule has 0 amide bonds. The minimum absolute atomic E-state index is 0.0620. The highest BCUT2D eigenvalue weighted by Gasteiger charge is 2.29. The van der Waals surface area contributed by atoms with Gasteiger partial charge in [0.25, 0.3) is 5.69 Å². The molecule has 0 bridgehead atoms. The highest BCUT2D eigenvalue weighted by molar-refractivity contribution is 7.99. The van der Waals surface area contributed by atoms with Crippen molar-refractivity contribution in [2.75, 3.05) is 13.1 Å². The van der Waals surface area contributed by atoms with Crippen molar-refractivity contribution < 1.29 is 13.3 Å². The van der Waals surface area contributed by atoms with Crippen LogP contribution in [0.4, 0.5) is 5.69 Å². The fourth-order valence-corrected chi connectivity index (χ4v) is 5.26. The zero-order valence-corrected chi connectivity index (χ0v) is 16.2. The van der Waals surface area contributed by atoms with Crippen LogP contribution in [-0.2, 0) is 16.6 Å². The summed E-state index contributed by atoms with van der Waals surface area (Å²) in [6.07, 6.45) is 5.76. The Kier molecular flexibility index (Phi) is 5.92. The number of allylic oxidation sites excluding steroid dienone is 1. The van der Waals surface area contributed by atoms with E-state index in [9.17, 15) is 18.5 Å². The van der Waals surface area contributed by atoms with Crippen molar-refractivity contribution >= 4 is 27.5 Å². The molecule has 0 atom stereocenters. The third-order valence-electron chi connectivity index (χ3n) is 4.19. The number of hydrogen-bond acceptors (Lipinski definition) is 7. The van der Waals surface area contributed by atoms with E-state index in [0.717, 1.165) is 37.1 Å². The Hall–Kier alpha value is -2.24. The van der Waals surface area contributed by atoms with Crippen molar-refractivity contribution in [3.63, 3.8) is 0 Å². The van der Waals surface area contributed by atoms with E-state index in [1.165, 1.54) is 22.8 Å². The van der Waals surface area contributed by atoms with E-state index in [2.05, 4.69) is 16.8 Å². The summed E-state index contributed by atoms with van der Waals surface area (Å²) in [7, 11) is -3.74. The molecule has 1 saturated heterocycles. The molecule has 1 aliphatic heterocycles. The number of nitrogens with zero attached hydrogens (tertiary/aromatic N) is 5. The van der Waals surface area contributed by atoms with E-state index >= 15 is 0 Å². The summed E-state index contributed by atoms with van der Waals surface area (Å²) in [5, 5.41) is 19.8. The van der Waals surface area contributed by atoms with Crippen molar-refractivity contribution in [3.8, 4) is 0 Å². The second-order valence-corrected chi connectivity index (χ2v) is 8.96. The standard InChI is InChI=1S/C16H19N5O4S2/c1-2-8-19-12-17-18-16(19)26-15-7-6-13(11-14(15)21(22)23)27(24,25)20-9-4-3-5-10-20/h2,6-7,11-12H,1,3-5,8-10H2. The predicted molar refractivity (Wildman–Crippen MR) is 100 cm³/mol. The molecule has 0 aliphatic carbocycles. The van der Waals surface area contributed by atoms with Gasteiger partial charge in [-0.1, -0.05) is 12.5 Å². The van der Waals surface area contributed by atoms with E-state index in [4.69, 9.17) is 0 Å². The fraction of sp³-hybridized carbons (Fsp3) is 0.375. The molecule has 0 unspecified atom stereocenters. The van der Waals surface area contributed by atoms with Crippen LogP contribution in [-0.4, -0.2) is 45.5 Å². The third kappa shape index (κ3) is 4.20. The van der Waals surface area contributed by atoms with Crippen molar-refractivity contribution in [2.24, 2.45) is 0 Å². The summed E-state index contributed by atoms with van der Waals surface area (Å²) >= 11 is 1.06. The topological polar surface area (TPSA) is 111 Å². The number of nitro benzene ring substituents is 1. The van der Waals surface area contributed by atoms with Gasteiger partial charge >= 0.3 is 0 Å². The highest BCUT2D eigenvalue weighted by Crippen LogP contribution is 2.36. The molecule has 144 valence electrons.